The van der Waals surface area contributed by atoms with E-state index in [1.807, 2.05) is 0 Å². The first kappa shape index (κ1) is 13.9. The van der Waals surface area contributed by atoms with Crippen molar-refractivity contribution in [3.8, 4) is 0 Å². The molecule has 2 atom stereocenters. The molecule has 110 valence electrons. The monoisotopic (exact) mass is 263 g/mol. The van der Waals surface area contributed by atoms with Crippen molar-refractivity contribution in [3.05, 3.63) is 0 Å². The quantitative estimate of drug-likeness (QED) is 0.771. The zero-order valence-electron chi connectivity index (χ0n) is 13.4. The van der Waals surface area contributed by atoms with E-state index in [2.05, 4.69) is 33.0 Å². The van der Waals surface area contributed by atoms with E-state index < -0.39 is 0 Å². The van der Waals surface area contributed by atoms with Crippen LogP contribution >= 0.6 is 0 Å². The van der Waals surface area contributed by atoms with Crippen LogP contribution in [0.25, 0.3) is 0 Å². The second kappa shape index (κ2) is 5.06. The van der Waals surface area contributed by atoms with E-state index >= 15 is 0 Å². The molecule has 1 nitrogen and oxygen atoms in total. The number of hydrogen-bond donors (Lipinski definition) is 1. The van der Waals surface area contributed by atoms with E-state index in [0.717, 1.165) is 35.6 Å². The Labute approximate surface area is 119 Å². The van der Waals surface area contributed by atoms with E-state index in [-0.39, 0.29) is 0 Å². The van der Waals surface area contributed by atoms with E-state index in [1.165, 1.54) is 25.8 Å². The van der Waals surface area contributed by atoms with Gasteiger partial charge in [-0.3, -0.25) is 0 Å². The van der Waals surface area contributed by atoms with Crippen LogP contribution in [0.1, 0.15) is 66.2 Å². The molecule has 4 saturated carbocycles. The summed E-state index contributed by atoms with van der Waals surface area (Å²) in [6, 6.07) is 0.738. The lowest BCUT2D eigenvalue weighted by molar-refractivity contribution is -0.0709. The minimum Gasteiger partial charge on any atom is -0.313 e. The highest BCUT2D eigenvalue weighted by Crippen LogP contribution is 2.61. The number of hydrogen-bond acceptors (Lipinski definition) is 1. The zero-order chi connectivity index (χ0) is 13.6. The van der Waals surface area contributed by atoms with Crippen LogP contribution in [-0.2, 0) is 0 Å². The highest BCUT2D eigenvalue weighted by Gasteiger charge is 2.52. The van der Waals surface area contributed by atoms with Crippen LogP contribution in [0, 0.1) is 35.0 Å². The maximum absolute atomic E-state index is 3.92. The average Bonchev–Trinajstić information content (AvgIpc) is 2.33. The van der Waals surface area contributed by atoms with Crippen LogP contribution in [-0.4, -0.2) is 12.6 Å². The fourth-order valence-corrected chi connectivity index (χ4v) is 5.52. The first-order chi connectivity index (χ1) is 8.98. The summed E-state index contributed by atoms with van der Waals surface area (Å²) >= 11 is 0. The van der Waals surface area contributed by atoms with Crippen molar-refractivity contribution >= 4 is 0 Å². The van der Waals surface area contributed by atoms with E-state index in [4.69, 9.17) is 0 Å². The van der Waals surface area contributed by atoms with Gasteiger partial charge in [-0.25, -0.2) is 0 Å². The molecular weight excluding hydrogens is 230 g/mol. The highest BCUT2D eigenvalue weighted by molar-refractivity contribution is 5.05. The highest BCUT2D eigenvalue weighted by atomic mass is 14.9. The standard InChI is InChI=1S/C18H33N/c1-12(2)13(3)11-19-14(4)18-8-15-5-16(9-18)7-17(6-15)10-18/h12-17,19H,5-11H2,1-4H3. The molecule has 0 aromatic heterocycles. The van der Waals surface area contributed by atoms with Crippen LogP contribution < -0.4 is 5.32 Å². The molecule has 0 amide bonds. The molecule has 0 aliphatic heterocycles. The fourth-order valence-electron chi connectivity index (χ4n) is 5.52. The molecule has 0 aromatic carbocycles. The summed E-state index contributed by atoms with van der Waals surface area (Å²) in [5.41, 5.74) is 0.672. The Morgan fingerprint density at radius 3 is 1.79 bits per heavy atom. The van der Waals surface area contributed by atoms with E-state index in [1.54, 1.807) is 19.3 Å². The largest absolute Gasteiger partial charge is 0.313 e. The normalized spacial score (nSPS) is 43.7. The summed E-state index contributed by atoms with van der Waals surface area (Å²) in [5.74, 6) is 4.85. The molecule has 19 heavy (non-hydrogen) atoms. The summed E-state index contributed by atoms with van der Waals surface area (Å²) in [6.07, 6.45) is 9.28. The minimum atomic E-state index is 0.672. The Balaban J connectivity index is 1.61. The van der Waals surface area contributed by atoms with Crippen molar-refractivity contribution in [2.45, 2.75) is 72.3 Å². The molecule has 0 heterocycles. The summed E-state index contributed by atoms with van der Waals surface area (Å²) < 4.78 is 0. The lowest BCUT2D eigenvalue weighted by Gasteiger charge is -2.59. The predicted molar refractivity (Wildman–Crippen MR) is 82.1 cm³/mol. The van der Waals surface area contributed by atoms with Gasteiger partial charge in [0.25, 0.3) is 0 Å². The summed E-state index contributed by atoms with van der Waals surface area (Å²) in [7, 11) is 0. The molecule has 1 heteroatoms. The molecule has 4 aliphatic carbocycles. The molecule has 0 aromatic rings. The third-order valence-electron chi connectivity index (χ3n) is 6.89. The number of nitrogens with one attached hydrogen (secondary N) is 1. The average molecular weight is 263 g/mol. The van der Waals surface area contributed by atoms with Crippen molar-refractivity contribution in [2.24, 2.45) is 35.0 Å². The van der Waals surface area contributed by atoms with Gasteiger partial charge in [0.2, 0.25) is 0 Å². The van der Waals surface area contributed by atoms with Crippen molar-refractivity contribution in [1.82, 2.24) is 5.32 Å². The van der Waals surface area contributed by atoms with Gasteiger partial charge in [-0.05, 0) is 87.0 Å². The van der Waals surface area contributed by atoms with Gasteiger partial charge in [-0.1, -0.05) is 20.8 Å². The molecule has 4 fully saturated rings. The second-order valence-corrected chi connectivity index (χ2v) is 8.63. The third-order valence-corrected chi connectivity index (χ3v) is 6.89. The van der Waals surface area contributed by atoms with Gasteiger partial charge in [0.05, 0.1) is 0 Å². The lowest BCUT2D eigenvalue weighted by atomic mass is 9.48. The first-order valence-corrected chi connectivity index (χ1v) is 8.72. The van der Waals surface area contributed by atoms with Crippen LogP contribution in [0.15, 0.2) is 0 Å². The van der Waals surface area contributed by atoms with Crippen LogP contribution in [0.5, 0.6) is 0 Å². The maximum Gasteiger partial charge on any atom is 0.00956 e. The molecular formula is C18H33N. The Bertz CT molecular complexity index is 284. The van der Waals surface area contributed by atoms with E-state index in [9.17, 15) is 0 Å². The zero-order valence-corrected chi connectivity index (χ0v) is 13.4. The fraction of sp³-hybridized carbons (Fsp3) is 1.00. The Hall–Kier alpha value is -0.0400. The van der Waals surface area contributed by atoms with Crippen molar-refractivity contribution < 1.29 is 0 Å². The Kier molecular flexibility index (Phi) is 3.71. The molecule has 4 rings (SSSR count). The van der Waals surface area contributed by atoms with Crippen molar-refractivity contribution in [2.75, 3.05) is 6.54 Å². The molecule has 2 unspecified atom stereocenters. The molecule has 4 aliphatic rings. The maximum atomic E-state index is 3.92. The van der Waals surface area contributed by atoms with Gasteiger partial charge in [0, 0.05) is 6.04 Å². The molecule has 0 saturated heterocycles. The van der Waals surface area contributed by atoms with Crippen molar-refractivity contribution in [1.29, 1.82) is 0 Å². The first-order valence-electron chi connectivity index (χ1n) is 8.72. The minimum absolute atomic E-state index is 0.672. The van der Waals surface area contributed by atoms with Gasteiger partial charge in [-0.2, -0.15) is 0 Å². The van der Waals surface area contributed by atoms with Gasteiger partial charge in [0.1, 0.15) is 0 Å². The van der Waals surface area contributed by atoms with Crippen LogP contribution in [0.3, 0.4) is 0 Å². The second-order valence-electron chi connectivity index (χ2n) is 8.63. The molecule has 0 spiro atoms. The molecule has 1 N–H and O–H groups in total. The van der Waals surface area contributed by atoms with Gasteiger partial charge < -0.3 is 5.32 Å². The smallest absolute Gasteiger partial charge is 0.00956 e. The van der Waals surface area contributed by atoms with E-state index in [0.29, 0.717) is 5.41 Å². The lowest BCUT2D eigenvalue weighted by Crippen LogP contribution is -2.55. The van der Waals surface area contributed by atoms with Gasteiger partial charge in [0.15, 0.2) is 0 Å². The Morgan fingerprint density at radius 2 is 1.37 bits per heavy atom. The predicted octanol–water partition coefficient (Wildman–Crippen LogP) is 4.47. The van der Waals surface area contributed by atoms with Gasteiger partial charge >= 0.3 is 0 Å². The SMILES string of the molecule is CC(C)C(C)CNC(C)C12CC3CC(CC(C3)C1)C2. The summed E-state index contributed by atoms with van der Waals surface area (Å²) in [6.45, 7) is 10.8. The number of rotatable bonds is 5. The van der Waals surface area contributed by atoms with Gasteiger partial charge in [-0.15, -0.1) is 0 Å². The summed E-state index contributed by atoms with van der Waals surface area (Å²) in [4.78, 5) is 0. The topological polar surface area (TPSA) is 12.0 Å². The van der Waals surface area contributed by atoms with Crippen molar-refractivity contribution in [3.63, 3.8) is 0 Å². The molecule has 4 bridgehead atoms. The third kappa shape index (κ3) is 2.60. The molecule has 0 radical (unpaired) electrons. The van der Waals surface area contributed by atoms with Crippen LogP contribution in [0.2, 0.25) is 0 Å². The van der Waals surface area contributed by atoms with Crippen LogP contribution in [0.4, 0.5) is 0 Å². The Morgan fingerprint density at radius 1 is 0.895 bits per heavy atom. The summed E-state index contributed by atoms with van der Waals surface area (Å²) in [5, 5.41) is 3.92.